The van der Waals surface area contributed by atoms with Crippen molar-refractivity contribution in [1.29, 1.82) is 0 Å². The molecule has 0 saturated heterocycles. The molecule has 0 aliphatic rings. The Labute approximate surface area is 124 Å². The lowest BCUT2D eigenvalue weighted by Crippen LogP contribution is -2.20. The average Bonchev–Trinajstić information content (AvgIpc) is 2.41. The molecule has 114 valence electrons. The van der Waals surface area contributed by atoms with Gasteiger partial charge < -0.3 is 15.0 Å². The fourth-order valence-corrected chi connectivity index (χ4v) is 2.14. The summed E-state index contributed by atoms with van der Waals surface area (Å²) in [5.41, 5.74) is 2.73. The van der Waals surface area contributed by atoms with Crippen molar-refractivity contribution in [3.63, 3.8) is 0 Å². The minimum absolute atomic E-state index is 0.704. The van der Waals surface area contributed by atoms with Crippen LogP contribution >= 0.6 is 0 Å². The van der Waals surface area contributed by atoms with Gasteiger partial charge in [0.25, 0.3) is 0 Å². The zero-order chi connectivity index (χ0) is 14.8. The number of nitrogens with zero attached hydrogens (tertiary/aromatic N) is 1. The van der Waals surface area contributed by atoms with Gasteiger partial charge in [0.2, 0.25) is 0 Å². The molecule has 0 aliphatic heterocycles. The average molecular weight is 278 g/mol. The van der Waals surface area contributed by atoms with E-state index in [9.17, 15) is 0 Å². The van der Waals surface area contributed by atoms with Gasteiger partial charge in [-0.05, 0) is 37.1 Å². The summed E-state index contributed by atoms with van der Waals surface area (Å²) < 4.78 is 5.08. The topological polar surface area (TPSA) is 24.5 Å². The van der Waals surface area contributed by atoms with Gasteiger partial charge in [-0.1, -0.05) is 38.1 Å². The number of ether oxygens (including phenoxy) is 1. The second-order valence-corrected chi connectivity index (χ2v) is 5.93. The van der Waals surface area contributed by atoms with E-state index in [1.54, 1.807) is 7.11 Å². The maximum absolute atomic E-state index is 5.08. The summed E-state index contributed by atoms with van der Waals surface area (Å²) in [4.78, 5) is 2.34. The molecule has 1 N–H and O–H groups in total. The summed E-state index contributed by atoms with van der Waals surface area (Å²) in [6.07, 6.45) is 1.09. The van der Waals surface area contributed by atoms with Gasteiger partial charge in [-0.25, -0.2) is 0 Å². The molecule has 0 spiro atoms. The summed E-state index contributed by atoms with van der Waals surface area (Å²) in [5, 5.41) is 3.47. The van der Waals surface area contributed by atoms with E-state index in [1.165, 1.54) is 11.1 Å². The molecule has 0 aromatic heterocycles. The van der Waals surface area contributed by atoms with Gasteiger partial charge in [0.1, 0.15) is 0 Å². The second kappa shape index (κ2) is 9.92. The van der Waals surface area contributed by atoms with E-state index in [2.05, 4.69) is 55.4 Å². The van der Waals surface area contributed by atoms with Crippen LogP contribution in [0.15, 0.2) is 24.3 Å². The van der Waals surface area contributed by atoms with Crippen LogP contribution in [0, 0.1) is 5.92 Å². The Bertz CT molecular complexity index is 349. The number of hydrogen-bond donors (Lipinski definition) is 1. The summed E-state index contributed by atoms with van der Waals surface area (Å²) in [5.74, 6) is 0.704. The first-order chi connectivity index (χ1) is 9.61. The Morgan fingerprint density at radius 2 is 1.80 bits per heavy atom. The number of benzene rings is 1. The quantitative estimate of drug-likeness (QED) is 0.666. The maximum atomic E-state index is 5.08. The third-order valence-electron chi connectivity index (χ3n) is 3.25. The fraction of sp³-hybridized carbons (Fsp3) is 0.647. The van der Waals surface area contributed by atoms with Gasteiger partial charge in [0.15, 0.2) is 0 Å². The molecule has 0 saturated carbocycles. The molecule has 1 aromatic rings. The highest BCUT2D eigenvalue weighted by Gasteiger charge is 2.01. The largest absolute Gasteiger partial charge is 0.385 e. The fourth-order valence-electron chi connectivity index (χ4n) is 2.14. The molecule has 20 heavy (non-hydrogen) atoms. The van der Waals surface area contributed by atoms with Gasteiger partial charge in [-0.2, -0.15) is 0 Å². The molecular weight excluding hydrogens is 248 g/mol. The SMILES string of the molecule is COCCCN(C)Cc1ccc(CNCC(C)C)cc1. The van der Waals surface area contributed by atoms with E-state index >= 15 is 0 Å². The van der Waals surface area contributed by atoms with Gasteiger partial charge >= 0.3 is 0 Å². The zero-order valence-electron chi connectivity index (χ0n) is 13.5. The van der Waals surface area contributed by atoms with E-state index in [4.69, 9.17) is 4.74 Å². The first-order valence-corrected chi connectivity index (χ1v) is 7.58. The Balaban J connectivity index is 2.30. The molecule has 3 heteroatoms. The number of hydrogen-bond acceptors (Lipinski definition) is 3. The molecule has 0 radical (unpaired) electrons. The molecular formula is C17H30N2O. The lowest BCUT2D eigenvalue weighted by molar-refractivity contribution is 0.178. The third-order valence-corrected chi connectivity index (χ3v) is 3.25. The smallest absolute Gasteiger partial charge is 0.0474 e. The first kappa shape index (κ1) is 17.2. The lowest BCUT2D eigenvalue weighted by Gasteiger charge is -2.16. The highest BCUT2D eigenvalue weighted by Crippen LogP contribution is 2.07. The predicted octanol–water partition coefficient (Wildman–Crippen LogP) is 2.90. The number of nitrogens with one attached hydrogen (secondary N) is 1. The van der Waals surface area contributed by atoms with Crippen molar-refractivity contribution < 1.29 is 4.74 Å². The third kappa shape index (κ3) is 7.63. The normalized spacial score (nSPS) is 11.5. The van der Waals surface area contributed by atoms with Crippen molar-refractivity contribution in [1.82, 2.24) is 10.2 Å². The lowest BCUT2D eigenvalue weighted by atomic mass is 10.1. The highest BCUT2D eigenvalue weighted by atomic mass is 16.5. The molecule has 0 fully saturated rings. The van der Waals surface area contributed by atoms with Crippen molar-refractivity contribution >= 4 is 0 Å². The Morgan fingerprint density at radius 1 is 1.15 bits per heavy atom. The van der Waals surface area contributed by atoms with Crippen molar-refractivity contribution in [2.75, 3.05) is 33.9 Å². The Morgan fingerprint density at radius 3 is 2.40 bits per heavy atom. The zero-order valence-corrected chi connectivity index (χ0v) is 13.5. The van der Waals surface area contributed by atoms with E-state index in [-0.39, 0.29) is 0 Å². The Kier molecular flexibility index (Phi) is 8.51. The summed E-state index contributed by atoms with van der Waals surface area (Å²) >= 11 is 0. The molecule has 1 aromatic carbocycles. The van der Waals surface area contributed by atoms with Crippen LogP contribution in [0.5, 0.6) is 0 Å². The van der Waals surface area contributed by atoms with Crippen molar-refractivity contribution in [2.45, 2.75) is 33.4 Å². The molecule has 0 atom stereocenters. The van der Waals surface area contributed by atoms with Crippen LogP contribution in [-0.2, 0) is 17.8 Å². The second-order valence-electron chi connectivity index (χ2n) is 5.93. The minimum atomic E-state index is 0.704. The summed E-state index contributed by atoms with van der Waals surface area (Å²) in [6.45, 7) is 9.41. The van der Waals surface area contributed by atoms with Crippen LogP contribution < -0.4 is 5.32 Å². The van der Waals surface area contributed by atoms with E-state index in [0.29, 0.717) is 5.92 Å². The molecule has 3 nitrogen and oxygen atoms in total. The molecule has 0 unspecified atom stereocenters. The van der Waals surface area contributed by atoms with Crippen LogP contribution in [0.25, 0.3) is 0 Å². The van der Waals surface area contributed by atoms with E-state index in [0.717, 1.165) is 39.2 Å². The maximum Gasteiger partial charge on any atom is 0.0474 e. The Hall–Kier alpha value is -0.900. The van der Waals surface area contributed by atoms with Crippen LogP contribution in [0.2, 0.25) is 0 Å². The summed E-state index contributed by atoms with van der Waals surface area (Å²) in [6, 6.07) is 8.93. The summed E-state index contributed by atoms with van der Waals surface area (Å²) in [7, 11) is 3.92. The monoisotopic (exact) mass is 278 g/mol. The number of methoxy groups -OCH3 is 1. The van der Waals surface area contributed by atoms with Gasteiger partial charge in [0.05, 0.1) is 0 Å². The van der Waals surface area contributed by atoms with Gasteiger partial charge in [-0.3, -0.25) is 0 Å². The van der Waals surface area contributed by atoms with Crippen molar-refractivity contribution in [2.24, 2.45) is 5.92 Å². The molecule has 1 rings (SSSR count). The molecule has 0 aliphatic carbocycles. The van der Waals surface area contributed by atoms with Crippen molar-refractivity contribution in [3.05, 3.63) is 35.4 Å². The van der Waals surface area contributed by atoms with Crippen LogP contribution in [0.4, 0.5) is 0 Å². The van der Waals surface area contributed by atoms with Crippen LogP contribution in [0.1, 0.15) is 31.4 Å². The predicted molar refractivity (Wildman–Crippen MR) is 85.8 cm³/mol. The van der Waals surface area contributed by atoms with Crippen LogP contribution in [0.3, 0.4) is 0 Å². The highest BCUT2D eigenvalue weighted by molar-refractivity contribution is 5.22. The van der Waals surface area contributed by atoms with Gasteiger partial charge in [-0.15, -0.1) is 0 Å². The van der Waals surface area contributed by atoms with E-state index in [1.807, 2.05) is 0 Å². The molecule has 0 heterocycles. The van der Waals surface area contributed by atoms with Gasteiger partial charge in [0, 0.05) is 33.4 Å². The first-order valence-electron chi connectivity index (χ1n) is 7.58. The standard InChI is InChI=1S/C17H30N2O/c1-15(2)12-18-13-16-6-8-17(9-7-16)14-19(3)10-5-11-20-4/h6-9,15,18H,5,10-14H2,1-4H3. The van der Waals surface area contributed by atoms with E-state index < -0.39 is 0 Å². The van der Waals surface area contributed by atoms with Crippen LogP contribution in [-0.4, -0.2) is 38.8 Å². The number of rotatable bonds is 10. The molecule has 0 amide bonds. The van der Waals surface area contributed by atoms with Crippen molar-refractivity contribution in [3.8, 4) is 0 Å². The minimum Gasteiger partial charge on any atom is -0.385 e. The molecule has 0 bridgehead atoms.